The Bertz CT molecular complexity index is 1590. The van der Waals surface area contributed by atoms with E-state index in [1.807, 2.05) is 35.9 Å². The Hall–Kier alpha value is -4.10. The number of tetrazole rings is 1. The minimum absolute atomic E-state index is 0.0472. The zero-order chi connectivity index (χ0) is 26.5. The maximum Gasteiger partial charge on any atom is 0.252 e. The van der Waals surface area contributed by atoms with E-state index in [0.717, 1.165) is 47.2 Å². The van der Waals surface area contributed by atoms with E-state index in [1.54, 1.807) is 0 Å². The molecule has 194 valence electrons. The highest BCUT2D eigenvalue weighted by molar-refractivity contribution is 5.82. The lowest BCUT2D eigenvalue weighted by Crippen LogP contribution is -2.30. The van der Waals surface area contributed by atoms with E-state index in [9.17, 15) is 4.79 Å². The zero-order valence-corrected chi connectivity index (χ0v) is 22.3. The van der Waals surface area contributed by atoms with Gasteiger partial charge in [0.1, 0.15) is 0 Å². The second-order valence-corrected chi connectivity index (χ2v) is 10.1. The number of hydrogen-bond acceptors (Lipinski definition) is 5. The Morgan fingerprint density at radius 3 is 2.45 bits per heavy atom. The van der Waals surface area contributed by atoms with Crippen LogP contribution in [-0.2, 0) is 32.5 Å². The molecule has 7 heteroatoms. The van der Waals surface area contributed by atoms with Crippen molar-refractivity contribution in [3.05, 3.63) is 122 Å². The molecule has 1 N–H and O–H groups in total. The number of rotatable bonds is 10. The van der Waals surface area contributed by atoms with Crippen molar-refractivity contribution in [3.63, 3.8) is 0 Å². The van der Waals surface area contributed by atoms with Crippen molar-refractivity contribution in [2.75, 3.05) is 6.54 Å². The fourth-order valence-corrected chi connectivity index (χ4v) is 5.06. The van der Waals surface area contributed by atoms with Gasteiger partial charge in [-0.25, -0.2) is 4.68 Å². The molecule has 0 saturated heterocycles. The normalized spacial score (nSPS) is 11.5. The monoisotopic (exact) mass is 506 g/mol. The summed E-state index contributed by atoms with van der Waals surface area (Å²) in [5.41, 5.74) is 7.69. The number of aromatic nitrogens is 5. The molecule has 0 saturated carbocycles. The average molecular weight is 507 g/mol. The molecular weight excluding hydrogens is 472 g/mol. The van der Waals surface area contributed by atoms with E-state index in [0.29, 0.717) is 19.6 Å². The van der Waals surface area contributed by atoms with Gasteiger partial charge in [0.15, 0.2) is 5.82 Å². The number of hydrogen-bond donors (Lipinski definition) is 1. The quantitative estimate of drug-likeness (QED) is 0.291. The molecule has 0 fully saturated rings. The standard InChI is InChI=1S/C31H34N6O/c1-22-17-24(3)30-27(18-22)19-28(31(38)32-30)20-36(15-14-26-12-8-7-9-23(26)2)21-29-33-34-35-37(29)16-13-25-10-5-4-6-11-25/h4-12,17-19H,13-16,20-21H2,1-3H3,(H,32,38). The van der Waals surface area contributed by atoms with Crippen LogP contribution in [0.1, 0.15) is 39.2 Å². The van der Waals surface area contributed by atoms with E-state index in [-0.39, 0.29) is 5.56 Å². The van der Waals surface area contributed by atoms with Crippen LogP contribution in [-0.4, -0.2) is 36.6 Å². The summed E-state index contributed by atoms with van der Waals surface area (Å²) < 4.78 is 1.88. The number of benzene rings is 3. The summed E-state index contributed by atoms with van der Waals surface area (Å²) in [6.45, 7) is 8.81. The highest BCUT2D eigenvalue weighted by Gasteiger charge is 2.16. The Balaban J connectivity index is 1.40. The van der Waals surface area contributed by atoms with Crippen molar-refractivity contribution in [1.29, 1.82) is 0 Å². The topological polar surface area (TPSA) is 79.7 Å². The minimum Gasteiger partial charge on any atom is -0.321 e. The summed E-state index contributed by atoms with van der Waals surface area (Å²) in [7, 11) is 0. The van der Waals surface area contributed by atoms with Gasteiger partial charge in [0, 0.05) is 25.2 Å². The molecular formula is C31H34N6O. The second-order valence-electron chi connectivity index (χ2n) is 10.1. The number of fused-ring (bicyclic) bond motifs is 1. The largest absolute Gasteiger partial charge is 0.321 e. The van der Waals surface area contributed by atoms with Crippen molar-refractivity contribution < 1.29 is 0 Å². The molecule has 5 aromatic rings. The molecule has 0 aliphatic carbocycles. The number of pyridine rings is 1. The third kappa shape index (κ3) is 6.06. The molecule has 7 nitrogen and oxygen atoms in total. The Morgan fingerprint density at radius 2 is 1.63 bits per heavy atom. The van der Waals surface area contributed by atoms with Crippen LogP contribution in [0.4, 0.5) is 0 Å². The molecule has 0 bridgehead atoms. The fourth-order valence-electron chi connectivity index (χ4n) is 5.06. The summed E-state index contributed by atoms with van der Waals surface area (Å²) in [5, 5.41) is 13.6. The molecule has 5 rings (SSSR count). The van der Waals surface area contributed by atoms with Crippen LogP contribution < -0.4 is 5.56 Å². The van der Waals surface area contributed by atoms with Gasteiger partial charge in [-0.3, -0.25) is 9.69 Å². The van der Waals surface area contributed by atoms with Crippen LogP contribution in [0.3, 0.4) is 0 Å². The van der Waals surface area contributed by atoms with Gasteiger partial charge in [0.2, 0.25) is 0 Å². The van der Waals surface area contributed by atoms with E-state index in [1.165, 1.54) is 22.3 Å². The summed E-state index contributed by atoms with van der Waals surface area (Å²) in [4.78, 5) is 18.5. The predicted molar refractivity (Wildman–Crippen MR) is 151 cm³/mol. The Morgan fingerprint density at radius 1 is 0.842 bits per heavy atom. The van der Waals surface area contributed by atoms with E-state index >= 15 is 0 Å². The van der Waals surface area contributed by atoms with Crippen LogP contribution in [0.2, 0.25) is 0 Å². The molecule has 0 aliphatic rings. The molecule has 0 unspecified atom stereocenters. The molecule has 3 aromatic carbocycles. The van der Waals surface area contributed by atoms with E-state index < -0.39 is 0 Å². The van der Waals surface area contributed by atoms with Gasteiger partial charge in [-0.15, -0.1) is 5.10 Å². The van der Waals surface area contributed by atoms with Gasteiger partial charge in [0.05, 0.1) is 12.1 Å². The van der Waals surface area contributed by atoms with Crippen molar-refractivity contribution in [2.45, 2.75) is 53.2 Å². The van der Waals surface area contributed by atoms with Gasteiger partial charge in [-0.1, -0.05) is 66.2 Å². The molecule has 0 amide bonds. The highest BCUT2D eigenvalue weighted by atomic mass is 16.1. The van der Waals surface area contributed by atoms with Crippen molar-refractivity contribution in [2.24, 2.45) is 0 Å². The molecule has 2 heterocycles. The first kappa shape index (κ1) is 25.5. The first-order valence-corrected chi connectivity index (χ1v) is 13.2. The minimum atomic E-state index is -0.0472. The van der Waals surface area contributed by atoms with Gasteiger partial charge in [-0.2, -0.15) is 0 Å². The number of H-pyrrole nitrogens is 1. The SMILES string of the molecule is Cc1cc(C)c2[nH]c(=O)c(CN(CCc3ccccc3C)Cc3nnnn3CCc3ccccc3)cc2c1. The van der Waals surface area contributed by atoms with E-state index in [2.05, 4.69) is 87.8 Å². The van der Waals surface area contributed by atoms with Gasteiger partial charge < -0.3 is 4.98 Å². The van der Waals surface area contributed by atoms with Crippen LogP contribution in [0.5, 0.6) is 0 Å². The summed E-state index contributed by atoms with van der Waals surface area (Å²) in [6.07, 6.45) is 1.73. The predicted octanol–water partition coefficient (Wildman–Crippen LogP) is 4.93. The van der Waals surface area contributed by atoms with Crippen LogP contribution in [0.25, 0.3) is 10.9 Å². The maximum atomic E-state index is 13.1. The fraction of sp³-hybridized carbons (Fsp3) is 0.290. The van der Waals surface area contributed by atoms with Crippen molar-refractivity contribution in [1.82, 2.24) is 30.1 Å². The van der Waals surface area contributed by atoms with E-state index in [4.69, 9.17) is 0 Å². The first-order valence-electron chi connectivity index (χ1n) is 13.2. The van der Waals surface area contributed by atoms with Crippen LogP contribution in [0.15, 0.2) is 77.6 Å². The zero-order valence-electron chi connectivity index (χ0n) is 22.3. The maximum absolute atomic E-state index is 13.1. The number of aromatic amines is 1. The molecule has 0 radical (unpaired) electrons. The van der Waals surface area contributed by atoms with Gasteiger partial charge >= 0.3 is 0 Å². The first-order chi connectivity index (χ1) is 18.5. The molecule has 0 atom stereocenters. The average Bonchev–Trinajstić information content (AvgIpc) is 3.35. The van der Waals surface area contributed by atoms with Crippen LogP contribution in [0, 0.1) is 20.8 Å². The lowest BCUT2D eigenvalue weighted by Gasteiger charge is -2.22. The van der Waals surface area contributed by atoms with Crippen molar-refractivity contribution in [3.8, 4) is 0 Å². The van der Waals surface area contributed by atoms with Crippen LogP contribution >= 0.6 is 0 Å². The third-order valence-electron chi connectivity index (χ3n) is 7.15. The Labute approximate surface area is 223 Å². The van der Waals surface area contributed by atoms with Crippen molar-refractivity contribution >= 4 is 10.9 Å². The van der Waals surface area contributed by atoms with Gasteiger partial charge in [-0.05, 0) is 83.8 Å². The molecule has 0 spiro atoms. The molecule has 38 heavy (non-hydrogen) atoms. The third-order valence-corrected chi connectivity index (χ3v) is 7.15. The second kappa shape index (κ2) is 11.5. The molecule has 2 aromatic heterocycles. The summed E-state index contributed by atoms with van der Waals surface area (Å²) in [5.74, 6) is 0.801. The number of nitrogens with zero attached hydrogens (tertiary/aromatic N) is 5. The number of nitrogens with one attached hydrogen (secondary N) is 1. The Kier molecular flexibility index (Phi) is 7.75. The lowest BCUT2D eigenvalue weighted by molar-refractivity contribution is 0.247. The highest BCUT2D eigenvalue weighted by Crippen LogP contribution is 2.19. The summed E-state index contributed by atoms with van der Waals surface area (Å²) in [6, 6.07) is 25.1. The van der Waals surface area contributed by atoms with Gasteiger partial charge in [0.25, 0.3) is 5.56 Å². The summed E-state index contributed by atoms with van der Waals surface area (Å²) >= 11 is 0. The lowest BCUT2D eigenvalue weighted by atomic mass is 10.0. The smallest absolute Gasteiger partial charge is 0.252 e. The molecule has 0 aliphatic heterocycles. The number of aryl methyl sites for hydroxylation is 5.